The Morgan fingerprint density at radius 1 is 1.20 bits per heavy atom. The van der Waals surface area contributed by atoms with Gasteiger partial charge in [0.25, 0.3) is 0 Å². The molecule has 0 spiro atoms. The van der Waals surface area contributed by atoms with Gasteiger partial charge in [0.2, 0.25) is 0 Å². The molecule has 15 heavy (non-hydrogen) atoms. The zero-order valence-electron chi connectivity index (χ0n) is 7.54. The largest absolute Gasteiger partial charge is 0.506 e. The molecular weight excluding hydrogens is 200 g/mol. The van der Waals surface area contributed by atoms with E-state index >= 15 is 0 Å². The molecule has 0 radical (unpaired) electrons. The number of para-hydroxylation sites is 1. The van der Waals surface area contributed by atoms with Gasteiger partial charge in [-0.3, -0.25) is 0 Å². The van der Waals surface area contributed by atoms with Gasteiger partial charge >= 0.3 is 11.9 Å². The van der Waals surface area contributed by atoms with Crippen molar-refractivity contribution in [2.24, 2.45) is 0 Å². The molecule has 0 saturated heterocycles. The van der Waals surface area contributed by atoms with E-state index in [1.54, 1.807) is 0 Å². The Labute approximate surface area is 84.9 Å². The number of aromatic hydroxyl groups is 1. The summed E-state index contributed by atoms with van der Waals surface area (Å²) in [6.07, 6.45) is 1.95. The predicted octanol–water partition coefficient (Wildman–Crippen LogP) is 1.19. The molecule has 0 aliphatic rings. The van der Waals surface area contributed by atoms with Gasteiger partial charge in [-0.05, 0) is 12.1 Å². The second kappa shape index (κ2) is 4.28. The van der Waals surface area contributed by atoms with Crippen LogP contribution in [0.1, 0.15) is 15.9 Å². The Balaban J connectivity index is 3.15. The molecule has 0 fully saturated rings. The standard InChI is InChI=1S/C10H8O5/c11-8(12)5-4-6-2-1-3-7(9(6)13)10(14)15/h1-5,13H,(H,11,12)(H,14,15)/b5-4+. The van der Waals surface area contributed by atoms with Crippen LogP contribution in [0.5, 0.6) is 5.75 Å². The molecule has 0 heterocycles. The van der Waals surface area contributed by atoms with Gasteiger partial charge in [-0.25, -0.2) is 9.59 Å². The van der Waals surface area contributed by atoms with Crippen LogP contribution in [0, 0.1) is 0 Å². The number of hydrogen-bond acceptors (Lipinski definition) is 3. The quantitative estimate of drug-likeness (QED) is 0.648. The summed E-state index contributed by atoms with van der Waals surface area (Å²) in [5.74, 6) is -2.88. The Morgan fingerprint density at radius 3 is 2.40 bits per heavy atom. The highest BCUT2D eigenvalue weighted by Gasteiger charge is 2.10. The normalized spacial score (nSPS) is 10.4. The number of carbonyl (C=O) groups is 2. The highest BCUT2D eigenvalue weighted by Crippen LogP contribution is 2.23. The molecule has 0 saturated carbocycles. The summed E-state index contributed by atoms with van der Waals surface area (Å²) < 4.78 is 0. The van der Waals surface area contributed by atoms with Gasteiger partial charge in [0.05, 0.1) is 0 Å². The van der Waals surface area contributed by atoms with Crippen molar-refractivity contribution in [3.05, 3.63) is 35.4 Å². The van der Waals surface area contributed by atoms with Gasteiger partial charge in [0, 0.05) is 11.6 Å². The van der Waals surface area contributed by atoms with Gasteiger partial charge in [0.15, 0.2) is 0 Å². The van der Waals surface area contributed by atoms with E-state index in [-0.39, 0.29) is 11.1 Å². The van der Waals surface area contributed by atoms with Crippen LogP contribution in [-0.2, 0) is 4.79 Å². The summed E-state index contributed by atoms with van der Waals surface area (Å²) in [6, 6.07) is 4.07. The first-order valence-corrected chi connectivity index (χ1v) is 3.98. The third-order valence-corrected chi connectivity index (χ3v) is 1.70. The minimum Gasteiger partial charge on any atom is -0.506 e. The number of carboxylic acid groups (broad SMARTS) is 2. The zero-order chi connectivity index (χ0) is 11.4. The summed E-state index contributed by atoms with van der Waals surface area (Å²) >= 11 is 0. The molecule has 0 bridgehead atoms. The average molecular weight is 208 g/mol. The molecule has 0 amide bonds. The number of aromatic carboxylic acids is 1. The average Bonchev–Trinajstić information content (AvgIpc) is 2.15. The van der Waals surface area contributed by atoms with E-state index in [0.717, 1.165) is 12.2 Å². The molecule has 3 N–H and O–H groups in total. The van der Waals surface area contributed by atoms with Gasteiger partial charge in [-0.2, -0.15) is 0 Å². The van der Waals surface area contributed by atoms with Crippen LogP contribution in [0.2, 0.25) is 0 Å². The van der Waals surface area contributed by atoms with Crippen molar-refractivity contribution in [3.63, 3.8) is 0 Å². The number of benzene rings is 1. The summed E-state index contributed by atoms with van der Waals surface area (Å²) in [7, 11) is 0. The Bertz CT molecular complexity index is 433. The van der Waals surface area contributed by atoms with E-state index in [9.17, 15) is 14.7 Å². The maximum absolute atomic E-state index is 10.6. The molecule has 78 valence electrons. The third kappa shape index (κ3) is 2.57. The number of carboxylic acids is 2. The number of phenols is 1. The van der Waals surface area contributed by atoms with Crippen LogP contribution in [0.4, 0.5) is 0 Å². The Kier molecular flexibility index (Phi) is 3.07. The van der Waals surface area contributed by atoms with Crippen molar-refractivity contribution in [1.29, 1.82) is 0 Å². The minimum atomic E-state index is -1.27. The van der Waals surface area contributed by atoms with Gasteiger partial charge in [0.1, 0.15) is 11.3 Å². The van der Waals surface area contributed by atoms with E-state index in [1.165, 1.54) is 18.2 Å². The van der Waals surface area contributed by atoms with Gasteiger partial charge in [-0.15, -0.1) is 0 Å². The topological polar surface area (TPSA) is 94.8 Å². The lowest BCUT2D eigenvalue weighted by Crippen LogP contribution is -1.97. The van der Waals surface area contributed by atoms with E-state index < -0.39 is 17.7 Å². The fraction of sp³-hybridized carbons (Fsp3) is 0. The molecule has 1 rings (SSSR count). The van der Waals surface area contributed by atoms with Crippen molar-refractivity contribution >= 4 is 18.0 Å². The predicted molar refractivity (Wildman–Crippen MR) is 51.7 cm³/mol. The fourth-order valence-corrected chi connectivity index (χ4v) is 1.03. The van der Waals surface area contributed by atoms with Crippen molar-refractivity contribution in [3.8, 4) is 5.75 Å². The maximum Gasteiger partial charge on any atom is 0.339 e. The SMILES string of the molecule is O=C(O)/C=C/c1cccc(C(=O)O)c1O. The molecule has 5 nitrogen and oxygen atoms in total. The first-order valence-electron chi connectivity index (χ1n) is 3.98. The first kappa shape index (κ1) is 10.8. The molecule has 1 aromatic carbocycles. The molecule has 0 aliphatic heterocycles. The van der Waals surface area contributed by atoms with Crippen molar-refractivity contribution < 1.29 is 24.9 Å². The second-order valence-corrected chi connectivity index (χ2v) is 2.72. The lowest BCUT2D eigenvalue weighted by Gasteiger charge is -2.02. The molecule has 5 heteroatoms. The highest BCUT2D eigenvalue weighted by molar-refractivity contribution is 5.93. The van der Waals surface area contributed by atoms with Crippen LogP contribution in [0.25, 0.3) is 6.08 Å². The molecule has 0 unspecified atom stereocenters. The fourth-order valence-electron chi connectivity index (χ4n) is 1.03. The number of hydrogen-bond donors (Lipinski definition) is 3. The lowest BCUT2D eigenvalue weighted by atomic mass is 10.1. The van der Waals surface area contributed by atoms with Crippen LogP contribution < -0.4 is 0 Å². The Morgan fingerprint density at radius 2 is 1.87 bits per heavy atom. The van der Waals surface area contributed by atoms with Gasteiger partial charge in [-0.1, -0.05) is 12.1 Å². The summed E-state index contributed by atoms with van der Waals surface area (Å²) in [5.41, 5.74) is -0.111. The van der Waals surface area contributed by atoms with E-state index in [1.807, 2.05) is 0 Å². The summed E-state index contributed by atoms with van der Waals surface area (Å²) in [4.78, 5) is 20.8. The van der Waals surface area contributed by atoms with Crippen molar-refractivity contribution in [1.82, 2.24) is 0 Å². The van der Waals surface area contributed by atoms with Crippen LogP contribution >= 0.6 is 0 Å². The molecule has 0 aromatic heterocycles. The van der Waals surface area contributed by atoms with E-state index in [2.05, 4.69) is 0 Å². The van der Waals surface area contributed by atoms with Crippen LogP contribution in [-0.4, -0.2) is 27.3 Å². The molecule has 0 atom stereocenters. The van der Waals surface area contributed by atoms with E-state index in [0.29, 0.717) is 0 Å². The monoisotopic (exact) mass is 208 g/mol. The van der Waals surface area contributed by atoms with Crippen molar-refractivity contribution in [2.75, 3.05) is 0 Å². The number of aliphatic carboxylic acids is 1. The summed E-state index contributed by atoms with van der Waals surface area (Å²) in [5, 5.41) is 26.5. The lowest BCUT2D eigenvalue weighted by molar-refractivity contribution is -0.131. The smallest absolute Gasteiger partial charge is 0.339 e. The van der Waals surface area contributed by atoms with Crippen molar-refractivity contribution in [2.45, 2.75) is 0 Å². The Hall–Kier alpha value is -2.30. The molecule has 0 aliphatic carbocycles. The highest BCUT2D eigenvalue weighted by atomic mass is 16.4. The molecular formula is C10H8O5. The van der Waals surface area contributed by atoms with Crippen LogP contribution in [0.3, 0.4) is 0 Å². The zero-order valence-corrected chi connectivity index (χ0v) is 7.54. The van der Waals surface area contributed by atoms with E-state index in [4.69, 9.17) is 10.2 Å². The second-order valence-electron chi connectivity index (χ2n) is 2.72. The summed E-state index contributed by atoms with van der Waals surface area (Å²) in [6.45, 7) is 0. The number of rotatable bonds is 3. The third-order valence-electron chi connectivity index (χ3n) is 1.70. The minimum absolute atomic E-state index is 0.150. The van der Waals surface area contributed by atoms with Gasteiger partial charge < -0.3 is 15.3 Å². The maximum atomic E-state index is 10.6. The van der Waals surface area contributed by atoms with Crippen LogP contribution in [0.15, 0.2) is 24.3 Å². The first-order chi connectivity index (χ1) is 7.02. The molecule has 1 aromatic rings.